The van der Waals surface area contributed by atoms with Crippen molar-refractivity contribution in [1.82, 2.24) is 10.6 Å². The molecule has 1 aromatic rings. The topological polar surface area (TPSA) is 68.8 Å². The number of hydrogen-bond donors (Lipinski definition) is 2. The van der Waals surface area contributed by atoms with E-state index in [0.29, 0.717) is 23.8 Å². The minimum absolute atomic E-state index is 0.0194. The molecule has 0 spiro atoms. The molecule has 1 atom stereocenters. The maximum Gasteiger partial charge on any atom is 0.240 e. The maximum atomic E-state index is 12.5. The summed E-state index contributed by atoms with van der Waals surface area (Å²) in [6.07, 6.45) is 3.05. The third kappa shape index (κ3) is 3.88. The van der Waals surface area contributed by atoms with Crippen molar-refractivity contribution in [3.63, 3.8) is 0 Å². The molecule has 6 heteroatoms. The summed E-state index contributed by atoms with van der Waals surface area (Å²) in [5.74, 6) is 1.73. The van der Waals surface area contributed by atoms with Gasteiger partial charge in [0.2, 0.25) is 11.7 Å². The average Bonchev–Trinajstić information content (AvgIpc) is 2.59. The van der Waals surface area contributed by atoms with Gasteiger partial charge in [0.1, 0.15) is 0 Å². The fraction of sp³-hybridized carbons (Fsp3) is 0.588. The van der Waals surface area contributed by atoms with Gasteiger partial charge in [-0.2, -0.15) is 0 Å². The molecule has 0 saturated carbocycles. The summed E-state index contributed by atoms with van der Waals surface area (Å²) >= 11 is 0. The molecule has 1 heterocycles. The molecular weight excluding hydrogens is 296 g/mol. The highest BCUT2D eigenvalue weighted by Crippen LogP contribution is 2.38. The molecule has 1 fully saturated rings. The lowest BCUT2D eigenvalue weighted by Crippen LogP contribution is -2.56. The van der Waals surface area contributed by atoms with Gasteiger partial charge in [0.25, 0.3) is 0 Å². The Hall–Kier alpha value is -1.95. The first kappa shape index (κ1) is 17.4. The van der Waals surface area contributed by atoms with E-state index in [-0.39, 0.29) is 5.91 Å². The summed E-state index contributed by atoms with van der Waals surface area (Å²) in [6, 6.07) is 3.69. The number of amides is 1. The first-order valence-electron chi connectivity index (χ1n) is 7.86. The van der Waals surface area contributed by atoms with Crippen LogP contribution in [0.4, 0.5) is 0 Å². The van der Waals surface area contributed by atoms with Crippen molar-refractivity contribution in [3.8, 4) is 17.2 Å². The first-order chi connectivity index (χ1) is 11.0. The third-order valence-electron chi connectivity index (χ3n) is 4.30. The molecule has 1 unspecified atom stereocenters. The van der Waals surface area contributed by atoms with E-state index in [4.69, 9.17) is 14.2 Å². The molecule has 2 N–H and O–H groups in total. The van der Waals surface area contributed by atoms with Gasteiger partial charge in [-0.3, -0.25) is 4.79 Å². The highest BCUT2D eigenvalue weighted by atomic mass is 16.5. The predicted octanol–water partition coefficient (Wildman–Crippen LogP) is 1.86. The maximum absolute atomic E-state index is 12.5. The Labute approximate surface area is 137 Å². The van der Waals surface area contributed by atoms with Crippen LogP contribution >= 0.6 is 0 Å². The Morgan fingerprint density at radius 1 is 1.17 bits per heavy atom. The highest BCUT2D eigenvalue weighted by Gasteiger charge is 2.33. The van der Waals surface area contributed by atoms with Crippen LogP contribution in [0.1, 0.15) is 31.7 Å². The van der Waals surface area contributed by atoms with Gasteiger partial charge in [-0.25, -0.2) is 0 Å². The lowest BCUT2D eigenvalue weighted by Gasteiger charge is -2.33. The van der Waals surface area contributed by atoms with Crippen LogP contribution in [-0.2, 0) is 11.3 Å². The van der Waals surface area contributed by atoms with E-state index >= 15 is 0 Å². The van der Waals surface area contributed by atoms with Gasteiger partial charge in [-0.1, -0.05) is 0 Å². The molecule has 1 aliphatic rings. The van der Waals surface area contributed by atoms with Crippen LogP contribution in [-0.4, -0.2) is 39.3 Å². The summed E-state index contributed by atoms with van der Waals surface area (Å²) < 4.78 is 16.0. The second-order valence-corrected chi connectivity index (χ2v) is 5.93. The molecule has 6 nitrogen and oxygen atoms in total. The normalized spacial score (nSPS) is 20.7. The minimum atomic E-state index is -0.487. The van der Waals surface area contributed by atoms with Gasteiger partial charge in [0, 0.05) is 6.54 Å². The number of methoxy groups -OCH3 is 3. The summed E-state index contributed by atoms with van der Waals surface area (Å²) in [7, 11) is 4.72. The van der Waals surface area contributed by atoms with Crippen LogP contribution < -0.4 is 24.8 Å². The van der Waals surface area contributed by atoms with Crippen molar-refractivity contribution in [1.29, 1.82) is 0 Å². The van der Waals surface area contributed by atoms with E-state index in [1.807, 2.05) is 19.1 Å². The van der Waals surface area contributed by atoms with E-state index in [0.717, 1.165) is 31.4 Å². The zero-order chi connectivity index (χ0) is 16.9. The largest absolute Gasteiger partial charge is 0.493 e. The second-order valence-electron chi connectivity index (χ2n) is 5.93. The molecule has 0 aromatic heterocycles. The number of hydrogen-bond acceptors (Lipinski definition) is 5. The summed E-state index contributed by atoms with van der Waals surface area (Å²) in [4.78, 5) is 12.5. The van der Waals surface area contributed by atoms with E-state index in [1.54, 1.807) is 21.3 Å². The fourth-order valence-corrected chi connectivity index (χ4v) is 2.86. The van der Waals surface area contributed by atoms with Crippen molar-refractivity contribution in [2.45, 2.75) is 38.3 Å². The Kier molecular flexibility index (Phi) is 5.71. The molecule has 23 heavy (non-hydrogen) atoms. The lowest BCUT2D eigenvalue weighted by atomic mass is 9.90. The molecule has 0 radical (unpaired) electrons. The van der Waals surface area contributed by atoms with Crippen molar-refractivity contribution in [3.05, 3.63) is 17.7 Å². The number of rotatable bonds is 6. The van der Waals surface area contributed by atoms with Gasteiger partial charge < -0.3 is 24.8 Å². The Morgan fingerprint density at radius 2 is 1.83 bits per heavy atom. The molecule has 1 saturated heterocycles. The van der Waals surface area contributed by atoms with E-state index in [2.05, 4.69) is 10.6 Å². The molecule has 0 aliphatic carbocycles. The van der Waals surface area contributed by atoms with Gasteiger partial charge in [0.15, 0.2) is 11.5 Å². The van der Waals surface area contributed by atoms with Gasteiger partial charge in [-0.15, -0.1) is 0 Å². The monoisotopic (exact) mass is 322 g/mol. The fourth-order valence-electron chi connectivity index (χ4n) is 2.86. The van der Waals surface area contributed by atoms with E-state index < -0.39 is 5.54 Å². The minimum Gasteiger partial charge on any atom is -0.493 e. The Balaban J connectivity index is 2.09. The number of ether oxygens (including phenoxy) is 3. The molecule has 1 aliphatic heterocycles. The number of piperidine rings is 1. The smallest absolute Gasteiger partial charge is 0.240 e. The van der Waals surface area contributed by atoms with Crippen molar-refractivity contribution >= 4 is 5.91 Å². The molecular formula is C17H26N2O4. The number of benzene rings is 1. The van der Waals surface area contributed by atoms with E-state index in [1.165, 1.54) is 0 Å². The van der Waals surface area contributed by atoms with Crippen LogP contribution in [0.25, 0.3) is 0 Å². The summed E-state index contributed by atoms with van der Waals surface area (Å²) in [6.45, 7) is 3.25. The number of carbonyl (C=O) groups excluding carboxylic acids is 1. The Bertz CT molecular complexity index is 529. The predicted molar refractivity (Wildman–Crippen MR) is 88.2 cm³/mol. The van der Waals surface area contributed by atoms with Crippen LogP contribution in [0.15, 0.2) is 12.1 Å². The van der Waals surface area contributed by atoms with Crippen LogP contribution in [0, 0.1) is 0 Å². The van der Waals surface area contributed by atoms with Crippen molar-refractivity contribution < 1.29 is 19.0 Å². The van der Waals surface area contributed by atoms with Crippen LogP contribution in [0.3, 0.4) is 0 Å². The highest BCUT2D eigenvalue weighted by molar-refractivity contribution is 5.86. The molecule has 0 bridgehead atoms. The number of carbonyl (C=O) groups is 1. The van der Waals surface area contributed by atoms with Gasteiger partial charge in [0.05, 0.1) is 26.9 Å². The summed E-state index contributed by atoms with van der Waals surface area (Å²) in [5.41, 5.74) is 0.408. The average molecular weight is 322 g/mol. The lowest BCUT2D eigenvalue weighted by molar-refractivity contribution is -0.128. The zero-order valence-corrected chi connectivity index (χ0v) is 14.3. The van der Waals surface area contributed by atoms with E-state index in [9.17, 15) is 4.79 Å². The zero-order valence-electron chi connectivity index (χ0n) is 14.3. The van der Waals surface area contributed by atoms with Crippen LogP contribution in [0.2, 0.25) is 0 Å². The first-order valence-corrected chi connectivity index (χ1v) is 7.86. The quantitative estimate of drug-likeness (QED) is 0.837. The standard InChI is InChI=1S/C17H26N2O4/c1-17(7-5-6-8-19-17)16(20)18-11-12-9-13(21-2)15(23-4)14(10-12)22-3/h9-10,19H,5-8,11H2,1-4H3,(H,18,20). The SMILES string of the molecule is COc1cc(CNC(=O)C2(C)CCCCN2)cc(OC)c1OC. The molecule has 128 valence electrons. The molecule has 1 aromatic carbocycles. The van der Waals surface area contributed by atoms with Crippen LogP contribution in [0.5, 0.6) is 17.2 Å². The summed E-state index contributed by atoms with van der Waals surface area (Å²) in [5, 5.41) is 6.31. The van der Waals surface area contributed by atoms with Crippen molar-refractivity contribution in [2.75, 3.05) is 27.9 Å². The van der Waals surface area contributed by atoms with Gasteiger partial charge >= 0.3 is 0 Å². The van der Waals surface area contributed by atoms with Gasteiger partial charge in [-0.05, 0) is 50.4 Å². The second kappa shape index (κ2) is 7.55. The third-order valence-corrected chi connectivity index (χ3v) is 4.30. The molecule has 1 amide bonds. The van der Waals surface area contributed by atoms with Crippen molar-refractivity contribution in [2.24, 2.45) is 0 Å². The number of nitrogens with one attached hydrogen (secondary N) is 2. The Morgan fingerprint density at radius 3 is 2.30 bits per heavy atom. The molecule has 2 rings (SSSR count).